The van der Waals surface area contributed by atoms with Gasteiger partial charge in [-0.1, -0.05) is 12.8 Å². The van der Waals surface area contributed by atoms with Crippen molar-refractivity contribution in [2.24, 2.45) is 0 Å². The molecule has 2 rings (SSSR count). The zero-order valence-electron chi connectivity index (χ0n) is 24.4. The van der Waals surface area contributed by atoms with Gasteiger partial charge in [0, 0.05) is 34.2 Å². The second kappa shape index (κ2) is 14.1. The van der Waals surface area contributed by atoms with Gasteiger partial charge in [-0.05, 0) is 107 Å². The Kier molecular flexibility index (Phi) is 12.8. The Labute approximate surface area is 220 Å². The van der Waals surface area contributed by atoms with Crippen LogP contribution in [0.5, 0.6) is 0 Å². The summed E-state index contributed by atoms with van der Waals surface area (Å²) < 4.78 is 0. The first kappa shape index (κ1) is 32.8. The summed E-state index contributed by atoms with van der Waals surface area (Å²) in [7, 11) is 0. The van der Waals surface area contributed by atoms with E-state index < -0.39 is 11.9 Å². The monoisotopic (exact) mass is 512 g/mol. The van der Waals surface area contributed by atoms with E-state index in [1.54, 1.807) is 0 Å². The molecule has 2 heterocycles. The van der Waals surface area contributed by atoms with Crippen molar-refractivity contribution in [1.29, 1.82) is 0 Å². The third-order valence-electron chi connectivity index (χ3n) is 6.90. The zero-order chi connectivity index (χ0) is 27.6. The van der Waals surface area contributed by atoms with Crippen molar-refractivity contribution in [2.75, 3.05) is 13.1 Å². The van der Waals surface area contributed by atoms with E-state index >= 15 is 0 Å². The van der Waals surface area contributed by atoms with Crippen molar-refractivity contribution in [1.82, 2.24) is 21.3 Å². The van der Waals surface area contributed by atoms with Crippen LogP contribution in [0.4, 0.5) is 0 Å². The smallest absolute Gasteiger partial charge is 0.303 e. The lowest BCUT2D eigenvalue weighted by molar-refractivity contribution is -0.143. The average Bonchev–Trinajstić information content (AvgIpc) is 2.64. The Hall–Kier alpha value is -1.22. The number of nitrogens with one attached hydrogen (secondary N) is 4. The molecule has 2 aliphatic rings. The van der Waals surface area contributed by atoms with Gasteiger partial charge < -0.3 is 31.5 Å². The molecule has 0 aromatic rings. The summed E-state index contributed by atoms with van der Waals surface area (Å²) >= 11 is 0. The molecule has 0 aliphatic carbocycles. The second-order valence-electron chi connectivity index (χ2n) is 13.6. The van der Waals surface area contributed by atoms with Crippen LogP contribution in [0.3, 0.4) is 0 Å². The van der Waals surface area contributed by atoms with Crippen LogP contribution in [-0.4, -0.2) is 69.5 Å². The average molecular weight is 513 g/mol. The van der Waals surface area contributed by atoms with Gasteiger partial charge in [0.2, 0.25) is 0 Å². The number of rotatable bonds is 12. The molecular formula is C28H56N4O4. The topological polar surface area (TPSA) is 123 Å². The van der Waals surface area contributed by atoms with E-state index in [9.17, 15) is 9.59 Å². The molecule has 212 valence electrons. The van der Waals surface area contributed by atoms with Crippen molar-refractivity contribution < 1.29 is 19.8 Å². The van der Waals surface area contributed by atoms with E-state index in [0.717, 1.165) is 0 Å². The van der Waals surface area contributed by atoms with Crippen LogP contribution in [0.25, 0.3) is 0 Å². The first-order chi connectivity index (χ1) is 16.4. The molecular weight excluding hydrogens is 456 g/mol. The Morgan fingerprint density at radius 2 is 0.889 bits per heavy atom. The number of piperidine rings is 2. The van der Waals surface area contributed by atoms with E-state index in [1.807, 2.05) is 0 Å². The van der Waals surface area contributed by atoms with Crippen LogP contribution in [-0.2, 0) is 9.59 Å². The van der Waals surface area contributed by atoms with Gasteiger partial charge in [-0.3, -0.25) is 9.59 Å². The van der Waals surface area contributed by atoms with Crippen molar-refractivity contribution in [2.45, 2.75) is 154 Å². The minimum atomic E-state index is -1.08. The molecule has 0 amide bonds. The maximum Gasteiger partial charge on any atom is 0.303 e. The van der Waals surface area contributed by atoms with E-state index in [-0.39, 0.29) is 35.0 Å². The molecule has 2 aliphatic heterocycles. The van der Waals surface area contributed by atoms with Crippen LogP contribution in [0.1, 0.15) is 120 Å². The van der Waals surface area contributed by atoms with Crippen LogP contribution in [0, 0.1) is 0 Å². The molecule has 0 radical (unpaired) electrons. The highest BCUT2D eigenvalue weighted by atomic mass is 16.4. The van der Waals surface area contributed by atoms with Crippen LogP contribution >= 0.6 is 0 Å². The number of aliphatic carboxylic acids is 2. The summed E-state index contributed by atoms with van der Waals surface area (Å²) in [6, 6.07) is 1.30. The lowest BCUT2D eigenvalue weighted by atomic mass is 9.79. The van der Waals surface area contributed by atoms with Crippen molar-refractivity contribution in [3.8, 4) is 0 Å². The fourth-order valence-corrected chi connectivity index (χ4v) is 6.36. The normalized spacial score (nSPS) is 22.9. The standard InChI is InChI=1S/C24H50N4.C4H6O4/c1-21(2)15-19(16-22(3,4)27-21)25-13-11-9-10-12-14-26-20-17-23(5,6)28-24(7,8)18-20;5-3(6)1-2-4(7)8/h19-20,25-28H,9-18H2,1-8H3;1-2H2,(H,5,6)(H,7,8). The Morgan fingerprint density at radius 1 is 0.611 bits per heavy atom. The van der Waals surface area contributed by atoms with Crippen LogP contribution < -0.4 is 21.3 Å². The fourth-order valence-electron chi connectivity index (χ4n) is 6.36. The highest BCUT2D eigenvalue weighted by Gasteiger charge is 2.38. The third kappa shape index (κ3) is 15.1. The summed E-state index contributed by atoms with van der Waals surface area (Å²) in [5.74, 6) is -2.15. The van der Waals surface area contributed by atoms with E-state index in [2.05, 4.69) is 76.7 Å². The number of carboxylic acids is 2. The molecule has 0 atom stereocenters. The predicted octanol–water partition coefficient (Wildman–Crippen LogP) is 4.28. The SMILES string of the molecule is CC1(C)CC(NCCCCCCNC2CC(C)(C)NC(C)(C)C2)CC(C)(C)N1.O=C(O)CCC(=O)O. The molecule has 0 bridgehead atoms. The predicted molar refractivity (Wildman–Crippen MR) is 148 cm³/mol. The van der Waals surface area contributed by atoms with Gasteiger partial charge in [0.15, 0.2) is 0 Å². The summed E-state index contributed by atoms with van der Waals surface area (Å²) in [6.45, 7) is 21.0. The number of hydrogen-bond donors (Lipinski definition) is 6. The largest absolute Gasteiger partial charge is 0.481 e. The van der Waals surface area contributed by atoms with Crippen LogP contribution in [0.2, 0.25) is 0 Å². The van der Waals surface area contributed by atoms with E-state index in [0.29, 0.717) is 12.1 Å². The van der Waals surface area contributed by atoms with Crippen molar-refractivity contribution in [3.05, 3.63) is 0 Å². The quantitative estimate of drug-likeness (QED) is 0.214. The van der Waals surface area contributed by atoms with E-state index in [1.165, 1.54) is 64.5 Å². The molecule has 0 unspecified atom stereocenters. The lowest BCUT2D eigenvalue weighted by Crippen LogP contribution is -2.61. The number of carboxylic acid groups (broad SMARTS) is 2. The minimum absolute atomic E-state index is 0.239. The molecule has 0 aromatic carbocycles. The van der Waals surface area contributed by atoms with Gasteiger partial charge in [0.25, 0.3) is 0 Å². The molecule has 8 heteroatoms. The highest BCUT2D eigenvalue weighted by molar-refractivity contribution is 5.75. The molecule has 0 saturated carbocycles. The zero-order valence-corrected chi connectivity index (χ0v) is 24.4. The summed E-state index contributed by atoms with van der Waals surface area (Å²) in [4.78, 5) is 19.3. The first-order valence-electron chi connectivity index (χ1n) is 13.9. The molecule has 2 saturated heterocycles. The van der Waals surface area contributed by atoms with Gasteiger partial charge >= 0.3 is 11.9 Å². The van der Waals surface area contributed by atoms with Crippen LogP contribution in [0.15, 0.2) is 0 Å². The van der Waals surface area contributed by atoms with Gasteiger partial charge in [-0.2, -0.15) is 0 Å². The molecule has 6 N–H and O–H groups in total. The number of unbranched alkanes of at least 4 members (excludes halogenated alkanes) is 3. The van der Waals surface area contributed by atoms with E-state index in [4.69, 9.17) is 10.2 Å². The number of hydrogen-bond acceptors (Lipinski definition) is 6. The minimum Gasteiger partial charge on any atom is -0.481 e. The van der Waals surface area contributed by atoms with Crippen molar-refractivity contribution >= 4 is 11.9 Å². The third-order valence-corrected chi connectivity index (χ3v) is 6.90. The molecule has 0 spiro atoms. The highest BCUT2D eigenvalue weighted by Crippen LogP contribution is 2.29. The van der Waals surface area contributed by atoms with Gasteiger partial charge in [-0.25, -0.2) is 0 Å². The second-order valence-corrected chi connectivity index (χ2v) is 13.6. The Balaban J connectivity index is 0.000000697. The number of carbonyl (C=O) groups is 2. The summed E-state index contributed by atoms with van der Waals surface area (Å²) in [6.07, 6.45) is 9.60. The van der Waals surface area contributed by atoms with Gasteiger partial charge in [0.1, 0.15) is 0 Å². The lowest BCUT2D eigenvalue weighted by Gasteiger charge is -2.47. The molecule has 2 fully saturated rings. The summed E-state index contributed by atoms with van der Waals surface area (Å²) in [5.41, 5.74) is 0.956. The fraction of sp³-hybridized carbons (Fsp3) is 0.929. The maximum absolute atomic E-state index is 9.64. The van der Waals surface area contributed by atoms with Gasteiger partial charge in [0.05, 0.1) is 12.8 Å². The summed E-state index contributed by atoms with van der Waals surface area (Å²) in [5, 5.41) is 31.0. The van der Waals surface area contributed by atoms with Crippen molar-refractivity contribution in [3.63, 3.8) is 0 Å². The van der Waals surface area contributed by atoms with Gasteiger partial charge in [-0.15, -0.1) is 0 Å². The molecule has 0 aromatic heterocycles. The Morgan fingerprint density at radius 3 is 1.14 bits per heavy atom. The maximum atomic E-state index is 9.64. The molecule has 36 heavy (non-hydrogen) atoms. The molecule has 8 nitrogen and oxygen atoms in total. The first-order valence-corrected chi connectivity index (χ1v) is 13.9. The Bertz CT molecular complexity index is 601.